The van der Waals surface area contributed by atoms with Gasteiger partial charge in [0.15, 0.2) is 0 Å². The largest absolute Gasteiger partial charge is 0.402 e. The number of sulfonamides is 1. The summed E-state index contributed by atoms with van der Waals surface area (Å²) in [6.07, 6.45) is -3.07. The number of halogens is 3. The van der Waals surface area contributed by atoms with Crippen molar-refractivity contribution in [1.29, 1.82) is 0 Å². The van der Waals surface area contributed by atoms with Gasteiger partial charge in [0.05, 0.1) is 6.26 Å². The second kappa shape index (κ2) is 5.77. The van der Waals surface area contributed by atoms with E-state index in [4.69, 9.17) is 0 Å². The summed E-state index contributed by atoms with van der Waals surface area (Å²) in [6.45, 7) is 6.03. The lowest BCUT2D eigenvalue weighted by Crippen LogP contribution is -2.43. The van der Waals surface area contributed by atoms with Gasteiger partial charge < -0.3 is 0 Å². The van der Waals surface area contributed by atoms with E-state index in [0.717, 1.165) is 6.26 Å². The van der Waals surface area contributed by atoms with Crippen LogP contribution < -0.4 is 0 Å². The predicted molar refractivity (Wildman–Crippen MR) is 65.7 cm³/mol. The molecule has 0 spiro atoms. The van der Waals surface area contributed by atoms with Crippen LogP contribution in [0.25, 0.3) is 0 Å². The summed E-state index contributed by atoms with van der Waals surface area (Å²) in [4.78, 5) is 0. The van der Waals surface area contributed by atoms with Crippen molar-refractivity contribution in [2.24, 2.45) is 11.3 Å². The van der Waals surface area contributed by atoms with Gasteiger partial charge >= 0.3 is 6.18 Å². The van der Waals surface area contributed by atoms with E-state index in [1.165, 1.54) is 0 Å². The van der Waals surface area contributed by atoms with Crippen molar-refractivity contribution < 1.29 is 21.6 Å². The minimum atomic E-state index is -4.51. The molecule has 7 heteroatoms. The van der Waals surface area contributed by atoms with Crippen molar-refractivity contribution in [2.45, 2.75) is 40.3 Å². The molecule has 0 aromatic carbocycles. The highest BCUT2D eigenvalue weighted by molar-refractivity contribution is 7.88. The SMILES string of the molecule is CC[C@@H](CN(CC(F)(F)F)S(C)(=O)=O)C(C)(C)C. The molecule has 0 radical (unpaired) electrons. The first-order chi connectivity index (χ1) is 7.77. The number of alkyl halides is 3. The second-order valence-electron chi connectivity index (χ2n) is 5.64. The van der Waals surface area contributed by atoms with Crippen molar-refractivity contribution in [3.63, 3.8) is 0 Å². The van der Waals surface area contributed by atoms with Crippen LogP contribution >= 0.6 is 0 Å². The summed E-state index contributed by atoms with van der Waals surface area (Å²) in [6, 6.07) is 0. The van der Waals surface area contributed by atoms with Crippen LogP contribution in [0.2, 0.25) is 0 Å². The van der Waals surface area contributed by atoms with Crippen LogP contribution in [0.1, 0.15) is 34.1 Å². The fourth-order valence-corrected chi connectivity index (χ4v) is 2.61. The topological polar surface area (TPSA) is 37.4 Å². The zero-order valence-electron chi connectivity index (χ0n) is 11.5. The summed E-state index contributed by atoms with van der Waals surface area (Å²) in [5.74, 6) is -0.116. The van der Waals surface area contributed by atoms with Gasteiger partial charge in [-0.2, -0.15) is 17.5 Å². The Bertz CT molecular complexity index is 357. The number of rotatable bonds is 5. The molecule has 0 aromatic rings. The lowest BCUT2D eigenvalue weighted by atomic mass is 9.79. The molecule has 0 bridgehead atoms. The van der Waals surface area contributed by atoms with E-state index in [-0.39, 0.29) is 17.9 Å². The van der Waals surface area contributed by atoms with E-state index in [1.807, 2.05) is 27.7 Å². The van der Waals surface area contributed by atoms with Gasteiger partial charge in [-0.25, -0.2) is 8.42 Å². The van der Waals surface area contributed by atoms with Gasteiger partial charge in [0.25, 0.3) is 0 Å². The summed E-state index contributed by atoms with van der Waals surface area (Å²) < 4.78 is 60.5. The van der Waals surface area contributed by atoms with Gasteiger partial charge in [0, 0.05) is 6.54 Å². The van der Waals surface area contributed by atoms with E-state index in [2.05, 4.69) is 0 Å². The Morgan fingerprint density at radius 2 is 1.61 bits per heavy atom. The lowest BCUT2D eigenvalue weighted by Gasteiger charge is -2.34. The van der Waals surface area contributed by atoms with Crippen LogP contribution in [-0.4, -0.2) is 38.2 Å². The first-order valence-corrected chi connectivity index (χ1v) is 7.64. The Morgan fingerprint density at radius 3 is 1.83 bits per heavy atom. The molecule has 0 amide bonds. The van der Waals surface area contributed by atoms with Crippen molar-refractivity contribution in [3.8, 4) is 0 Å². The minimum absolute atomic E-state index is 0.0989. The summed E-state index contributed by atoms with van der Waals surface area (Å²) in [7, 11) is -3.85. The molecule has 0 fully saturated rings. The maximum atomic E-state index is 12.4. The monoisotopic (exact) mass is 289 g/mol. The fraction of sp³-hybridized carbons (Fsp3) is 1.00. The van der Waals surface area contributed by atoms with Gasteiger partial charge in [0.1, 0.15) is 6.54 Å². The lowest BCUT2D eigenvalue weighted by molar-refractivity contribution is -0.137. The van der Waals surface area contributed by atoms with Crippen LogP contribution in [0.3, 0.4) is 0 Å². The normalized spacial score (nSPS) is 16.1. The van der Waals surface area contributed by atoms with Gasteiger partial charge in [-0.1, -0.05) is 34.1 Å². The molecular weight excluding hydrogens is 267 g/mol. The molecular formula is C11H22F3NO2S. The van der Waals surface area contributed by atoms with Crippen molar-refractivity contribution >= 4 is 10.0 Å². The van der Waals surface area contributed by atoms with E-state index in [0.29, 0.717) is 10.7 Å². The fourth-order valence-electron chi connectivity index (χ4n) is 1.78. The average molecular weight is 289 g/mol. The van der Waals surface area contributed by atoms with Crippen LogP contribution in [-0.2, 0) is 10.0 Å². The Hall–Kier alpha value is -0.300. The molecule has 0 aliphatic carbocycles. The van der Waals surface area contributed by atoms with Gasteiger partial charge in [-0.3, -0.25) is 0 Å². The van der Waals surface area contributed by atoms with Crippen molar-refractivity contribution in [1.82, 2.24) is 4.31 Å². The molecule has 0 unspecified atom stereocenters. The zero-order valence-corrected chi connectivity index (χ0v) is 12.3. The Kier molecular flexibility index (Phi) is 5.68. The van der Waals surface area contributed by atoms with Gasteiger partial charge in [-0.15, -0.1) is 0 Å². The Morgan fingerprint density at radius 1 is 1.17 bits per heavy atom. The van der Waals surface area contributed by atoms with E-state index in [1.54, 1.807) is 0 Å². The van der Waals surface area contributed by atoms with E-state index in [9.17, 15) is 21.6 Å². The third kappa shape index (κ3) is 6.58. The number of hydrogen-bond acceptors (Lipinski definition) is 2. The second-order valence-corrected chi connectivity index (χ2v) is 7.62. The molecule has 18 heavy (non-hydrogen) atoms. The van der Waals surface area contributed by atoms with Crippen LogP contribution in [0.15, 0.2) is 0 Å². The van der Waals surface area contributed by atoms with Gasteiger partial charge in [-0.05, 0) is 11.3 Å². The molecule has 0 aliphatic rings. The highest BCUT2D eigenvalue weighted by atomic mass is 32.2. The first-order valence-electron chi connectivity index (χ1n) is 5.79. The standard InChI is InChI=1S/C11H22F3NO2S/c1-6-9(10(2,3)4)7-15(18(5,16)17)8-11(12,13)14/h9H,6-8H2,1-5H3/t9-/m0/s1. The zero-order chi connectivity index (χ0) is 14.8. The molecule has 110 valence electrons. The molecule has 0 heterocycles. The molecule has 0 saturated carbocycles. The Balaban J connectivity index is 5.03. The van der Waals surface area contributed by atoms with E-state index < -0.39 is 22.7 Å². The maximum Gasteiger partial charge on any atom is 0.402 e. The third-order valence-electron chi connectivity index (χ3n) is 2.97. The summed E-state index contributed by atoms with van der Waals surface area (Å²) >= 11 is 0. The molecule has 1 atom stereocenters. The third-order valence-corrected chi connectivity index (χ3v) is 4.18. The van der Waals surface area contributed by atoms with Crippen LogP contribution in [0, 0.1) is 11.3 Å². The molecule has 0 saturated heterocycles. The molecule has 0 N–H and O–H groups in total. The smallest absolute Gasteiger partial charge is 0.213 e. The van der Waals surface area contributed by atoms with Gasteiger partial charge in [0.2, 0.25) is 10.0 Å². The molecule has 0 aromatic heterocycles. The first kappa shape index (κ1) is 17.7. The Labute approximate surface area is 107 Å². The minimum Gasteiger partial charge on any atom is -0.213 e. The number of hydrogen-bond donors (Lipinski definition) is 0. The van der Waals surface area contributed by atoms with Crippen LogP contribution in [0.5, 0.6) is 0 Å². The summed E-state index contributed by atoms with van der Waals surface area (Å²) in [5.41, 5.74) is -0.233. The van der Waals surface area contributed by atoms with E-state index >= 15 is 0 Å². The highest BCUT2D eigenvalue weighted by Crippen LogP contribution is 2.30. The molecule has 3 nitrogen and oxygen atoms in total. The molecule has 0 rings (SSSR count). The quantitative estimate of drug-likeness (QED) is 0.780. The van der Waals surface area contributed by atoms with Crippen LogP contribution in [0.4, 0.5) is 13.2 Å². The summed E-state index contributed by atoms with van der Waals surface area (Å²) in [5, 5.41) is 0. The van der Waals surface area contributed by atoms with Crippen molar-refractivity contribution in [2.75, 3.05) is 19.3 Å². The van der Waals surface area contributed by atoms with Crippen molar-refractivity contribution in [3.05, 3.63) is 0 Å². The number of nitrogens with zero attached hydrogens (tertiary/aromatic N) is 1. The predicted octanol–water partition coefficient (Wildman–Crippen LogP) is 2.88. The maximum absolute atomic E-state index is 12.4. The average Bonchev–Trinajstić information content (AvgIpc) is 2.05. The molecule has 0 aliphatic heterocycles. The highest BCUT2D eigenvalue weighted by Gasteiger charge is 2.37.